The number of nitrogens with one attached hydrogen (secondary N) is 1. The maximum atomic E-state index is 12.3. The van der Waals surface area contributed by atoms with E-state index in [0.717, 1.165) is 10.6 Å². The van der Waals surface area contributed by atoms with Crippen LogP contribution in [-0.4, -0.2) is 35.8 Å². The fourth-order valence-electron chi connectivity index (χ4n) is 3.17. The van der Waals surface area contributed by atoms with E-state index in [2.05, 4.69) is 5.32 Å². The predicted molar refractivity (Wildman–Crippen MR) is 88.3 cm³/mol. The van der Waals surface area contributed by atoms with Crippen LogP contribution in [0, 0.1) is 11.8 Å². The second-order valence-electron chi connectivity index (χ2n) is 5.92. The molecule has 0 spiro atoms. The predicted octanol–water partition coefficient (Wildman–Crippen LogP) is 1.97. The molecule has 1 N–H and O–H groups in total. The average molecular weight is 328 g/mol. The van der Waals surface area contributed by atoms with E-state index in [4.69, 9.17) is 4.74 Å². The average Bonchev–Trinajstić information content (AvgIpc) is 2.82. The maximum Gasteiger partial charge on any atom is 0.244 e. The third-order valence-corrected chi connectivity index (χ3v) is 4.35. The topological polar surface area (TPSA) is 75.7 Å². The summed E-state index contributed by atoms with van der Waals surface area (Å²) in [4.78, 5) is 37.9. The molecule has 24 heavy (non-hydrogen) atoms. The van der Waals surface area contributed by atoms with Gasteiger partial charge in [-0.2, -0.15) is 0 Å². The summed E-state index contributed by atoms with van der Waals surface area (Å²) < 4.78 is 5.34. The summed E-state index contributed by atoms with van der Waals surface area (Å²) in [5.74, 6) is -0.752. The van der Waals surface area contributed by atoms with Crippen molar-refractivity contribution in [3.8, 4) is 5.75 Å². The third-order valence-electron chi connectivity index (χ3n) is 4.35. The van der Waals surface area contributed by atoms with Crippen molar-refractivity contribution in [2.45, 2.75) is 19.8 Å². The van der Waals surface area contributed by atoms with E-state index in [1.165, 1.54) is 0 Å². The molecule has 126 valence electrons. The second-order valence-corrected chi connectivity index (χ2v) is 5.92. The summed E-state index contributed by atoms with van der Waals surface area (Å²) in [6.07, 6.45) is 5.00. The van der Waals surface area contributed by atoms with Crippen molar-refractivity contribution in [1.82, 2.24) is 4.90 Å². The van der Waals surface area contributed by atoms with E-state index < -0.39 is 0 Å². The van der Waals surface area contributed by atoms with Crippen LogP contribution in [0.3, 0.4) is 0 Å². The normalized spacial score (nSPS) is 22.5. The molecule has 6 heteroatoms. The van der Waals surface area contributed by atoms with Crippen molar-refractivity contribution in [3.05, 3.63) is 36.4 Å². The first-order valence-electron chi connectivity index (χ1n) is 8.13. The maximum absolute atomic E-state index is 12.3. The molecule has 2 atom stereocenters. The molecule has 0 bridgehead atoms. The molecule has 0 aromatic heterocycles. The van der Waals surface area contributed by atoms with Gasteiger partial charge >= 0.3 is 0 Å². The van der Waals surface area contributed by atoms with Gasteiger partial charge in [0.05, 0.1) is 18.4 Å². The van der Waals surface area contributed by atoms with Crippen molar-refractivity contribution in [1.29, 1.82) is 0 Å². The molecule has 0 unspecified atom stereocenters. The highest BCUT2D eigenvalue weighted by Gasteiger charge is 2.47. The number of benzene rings is 1. The quantitative estimate of drug-likeness (QED) is 0.662. The minimum Gasteiger partial charge on any atom is -0.494 e. The lowest BCUT2D eigenvalue weighted by atomic mass is 9.85. The summed E-state index contributed by atoms with van der Waals surface area (Å²) in [6.45, 7) is 2.23. The molecule has 1 saturated heterocycles. The number of hydrogen-bond acceptors (Lipinski definition) is 4. The molecular weight excluding hydrogens is 308 g/mol. The summed E-state index contributed by atoms with van der Waals surface area (Å²) in [6, 6.07) is 6.96. The molecule has 1 aliphatic carbocycles. The number of ether oxygens (including phenoxy) is 1. The lowest BCUT2D eigenvalue weighted by Crippen LogP contribution is -2.38. The molecule has 0 saturated carbocycles. The van der Waals surface area contributed by atoms with Gasteiger partial charge in [-0.05, 0) is 44.0 Å². The Bertz CT molecular complexity index is 655. The summed E-state index contributed by atoms with van der Waals surface area (Å²) in [5.41, 5.74) is 0.599. The van der Waals surface area contributed by atoms with Crippen LogP contribution >= 0.6 is 0 Å². The van der Waals surface area contributed by atoms with Crippen molar-refractivity contribution in [3.63, 3.8) is 0 Å². The molecule has 3 amide bonds. The van der Waals surface area contributed by atoms with Crippen LogP contribution in [0.1, 0.15) is 19.8 Å². The van der Waals surface area contributed by atoms with Crippen LogP contribution in [0.15, 0.2) is 36.4 Å². The SMILES string of the molecule is CCOc1ccc(NC(=O)CN2C(=O)[C@H]3CC=CC[C@H]3C2=O)cc1. The highest BCUT2D eigenvalue weighted by molar-refractivity contribution is 6.08. The minimum absolute atomic E-state index is 0.238. The van der Waals surface area contributed by atoms with Crippen LogP contribution < -0.4 is 10.1 Å². The van der Waals surface area contributed by atoms with Crippen LogP contribution in [0.4, 0.5) is 5.69 Å². The summed E-state index contributed by atoms with van der Waals surface area (Å²) in [7, 11) is 0. The van der Waals surface area contributed by atoms with Crippen molar-refractivity contribution in [2.75, 3.05) is 18.5 Å². The number of imide groups is 1. The first-order valence-corrected chi connectivity index (χ1v) is 8.13. The van der Waals surface area contributed by atoms with Gasteiger partial charge in [0, 0.05) is 5.69 Å². The van der Waals surface area contributed by atoms with E-state index in [0.29, 0.717) is 25.1 Å². The molecule has 1 aliphatic heterocycles. The number of carbonyl (C=O) groups is 3. The second kappa shape index (κ2) is 6.86. The number of nitrogens with zero attached hydrogens (tertiary/aromatic N) is 1. The molecule has 1 fully saturated rings. The molecule has 0 radical (unpaired) electrons. The van der Waals surface area contributed by atoms with Gasteiger partial charge in [-0.25, -0.2) is 0 Å². The first-order chi connectivity index (χ1) is 11.6. The van der Waals surface area contributed by atoms with Gasteiger partial charge in [-0.1, -0.05) is 12.2 Å². The Morgan fingerprint density at radius 2 is 1.71 bits per heavy atom. The fourth-order valence-corrected chi connectivity index (χ4v) is 3.17. The van der Waals surface area contributed by atoms with Gasteiger partial charge in [0.25, 0.3) is 0 Å². The number of fused-ring (bicyclic) bond motifs is 1. The van der Waals surface area contributed by atoms with Gasteiger partial charge in [0.2, 0.25) is 17.7 Å². The Morgan fingerprint density at radius 3 is 2.25 bits per heavy atom. The van der Waals surface area contributed by atoms with Gasteiger partial charge < -0.3 is 10.1 Å². The van der Waals surface area contributed by atoms with E-state index >= 15 is 0 Å². The molecule has 1 aromatic carbocycles. The van der Waals surface area contributed by atoms with E-state index in [1.54, 1.807) is 24.3 Å². The fraction of sp³-hybridized carbons (Fsp3) is 0.389. The zero-order valence-electron chi connectivity index (χ0n) is 13.5. The lowest BCUT2D eigenvalue weighted by molar-refractivity contribution is -0.142. The van der Waals surface area contributed by atoms with Crippen molar-refractivity contribution >= 4 is 23.4 Å². The minimum atomic E-state index is -0.382. The zero-order valence-corrected chi connectivity index (χ0v) is 13.5. The summed E-state index contributed by atoms with van der Waals surface area (Å²) in [5, 5.41) is 2.70. The lowest BCUT2D eigenvalue weighted by Gasteiger charge is -2.14. The number of amides is 3. The molecule has 1 aromatic rings. The van der Waals surface area contributed by atoms with E-state index in [1.807, 2.05) is 19.1 Å². The smallest absolute Gasteiger partial charge is 0.244 e. The number of anilines is 1. The van der Waals surface area contributed by atoms with Crippen molar-refractivity contribution in [2.24, 2.45) is 11.8 Å². The Morgan fingerprint density at radius 1 is 1.12 bits per heavy atom. The molecule has 2 aliphatic rings. The van der Waals surface area contributed by atoms with E-state index in [9.17, 15) is 14.4 Å². The van der Waals surface area contributed by atoms with Gasteiger partial charge in [-0.3, -0.25) is 19.3 Å². The van der Waals surface area contributed by atoms with Crippen LogP contribution in [0.2, 0.25) is 0 Å². The van der Waals surface area contributed by atoms with Crippen LogP contribution in [0.25, 0.3) is 0 Å². The van der Waals surface area contributed by atoms with Gasteiger partial charge in [0.1, 0.15) is 12.3 Å². The standard InChI is InChI=1S/C18H20N2O4/c1-2-24-13-9-7-12(8-10-13)19-16(21)11-20-17(22)14-5-3-4-6-15(14)18(20)23/h3-4,7-10,14-15H,2,5-6,11H2,1H3,(H,19,21)/t14-,15+. The highest BCUT2D eigenvalue weighted by atomic mass is 16.5. The summed E-state index contributed by atoms with van der Waals surface area (Å²) >= 11 is 0. The van der Waals surface area contributed by atoms with E-state index in [-0.39, 0.29) is 36.1 Å². The van der Waals surface area contributed by atoms with Crippen LogP contribution in [0.5, 0.6) is 5.75 Å². The number of allylic oxidation sites excluding steroid dienone is 2. The Hall–Kier alpha value is -2.63. The Labute approximate surface area is 140 Å². The highest BCUT2D eigenvalue weighted by Crippen LogP contribution is 2.34. The van der Waals surface area contributed by atoms with Crippen LogP contribution in [-0.2, 0) is 14.4 Å². The van der Waals surface area contributed by atoms with Gasteiger partial charge in [-0.15, -0.1) is 0 Å². The molecule has 3 rings (SSSR count). The largest absolute Gasteiger partial charge is 0.494 e. The Kier molecular flexibility index (Phi) is 4.64. The molecule has 6 nitrogen and oxygen atoms in total. The number of likely N-dealkylation sites (tertiary alicyclic amines) is 1. The molecular formula is C18H20N2O4. The van der Waals surface area contributed by atoms with Gasteiger partial charge in [0.15, 0.2) is 0 Å². The third kappa shape index (κ3) is 3.18. The number of carbonyl (C=O) groups excluding carboxylic acids is 3. The van der Waals surface area contributed by atoms with Crippen molar-refractivity contribution < 1.29 is 19.1 Å². The number of hydrogen-bond donors (Lipinski definition) is 1. The first kappa shape index (κ1) is 16.2. The molecule has 1 heterocycles. The number of rotatable bonds is 5. The Balaban J connectivity index is 1.60. The monoisotopic (exact) mass is 328 g/mol. The zero-order chi connectivity index (χ0) is 17.1.